The van der Waals surface area contributed by atoms with Gasteiger partial charge >= 0.3 is 0 Å². The number of carbonyl (C=O) groups is 2. The van der Waals surface area contributed by atoms with Crippen LogP contribution in [0.15, 0.2) is 48.0 Å². The number of likely N-dealkylation sites (tertiary alicyclic amines) is 1. The molecule has 0 spiro atoms. The Morgan fingerprint density at radius 1 is 1.05 bits per heavy atom. The molecule has 0 aromatic heterocycles. The van der Waals surface area contributed by atoms with Crippen LogP contribution in [-0.2, 0) is 19.7 Å². The number of aliphatic hydroxyl groups excluding tert-OH is 1. The highest BCUT2D eigenvalue weighted by molar-refractivity contribution is 6.46. The van der Waals surface area contributed by atoms with E-state index in [0.29, 0.717) is 31.9 Å². The van der Waals surface area contributed by atoms with E-state index in [1.807, 2.05) is 24.3 Å². The number of methoxy groups -OCH3 is 1. The number of phenolic OH excluding ortho intramolecular Hbond substituents is 1. The zero-order valence-electron chi connectivity index (χ0n) is 22.0. The highest BCUT2D eigenvalue weighted by atomic mass is 16.5. The first-order chi connectivity index (χ1) is 17.6. The Balaban J connectivity index is 1.72. The Morgan fingerprint density at radius 2 is 1.73 bits per heavy atom. The molecular formula is C29H36N2O6. The maximum atomic E-state index is 13.3. The van der Waals surface area contributed by atoms with Crippen molar-refractivity contribution in [3.8, 4) is 11.5 Å². The third-order valence-corrected chi connectivity index (χ3v) is 7.07. The van der Waals surface area contributed by atoms with Crippen LogP contribution in [0.4, 0.5) is 0 Å². The third-order valence-electron chi connectivity index (χ3n) is 7.07. The topological polar surface area (TPSA) is 99.5 Å². The van der Waals surface area contributed by atoms with Crippen molar-refractivity contribution in [1.29, 1.82) is 0 Å². The van der Waals surface area contributed by atoms with Crippen LogP contribution in [0.2, 0.25) is 0 Å². The number of carbonyl (C=O) groups excluding carboxylic acids is 2. The molecule has 2 aromatic carbocycles. The van der Waals surface area contributed by atoms with E-state index in [9.17, 15) is 19.8 Å². The van der Waals surface area contributed by atoms with Crippen LogP contribution >= 0.6 is 0 Å². The lowest BCUT2D eigenvalue weighted by Crippen LogP contribution is -2.39. The zero-order valence-corrected chi connectivity index (χ0v) is 22.0. The lowest BCUT2D eigenvalue weighted by atomic mass is 9.85. The van der Waals surface area contributed by atoms with Gasteiger partial charge in [0.15, 0.2) is 0 Å². The van der Waals surface area contributed by atoms with Gasteiger partial charge in [-0.1, -0.05) is 45.0 Å². The van der Waals surface area contributed by atoms with Crippen molar-refractivity contribution in [3.63, 3.8) is 0 Å². The first-order valence-electron chi connectivity index (χ1n) is 12.7. The molecule has 2 aliphatic heterocycles. The molecule has 2 aromatic rings. The summed E-state index contributed by atoms with van der Waals surface area (Å²) in [5.74, 6) is -1.64. The number of morpholine rings is 1. The van der Waals surface area contributed by atoms with Gasteiger partial charge in [-0.05, 0) is 35.1 Å². The van der Waals surface area contributed by atoms with Crippen molar-refractivity contribution in [3.05, 3.63) is 64.7 Å². The summed E-state index contributed by atoms with van der Waals surface area (Å²) in [6.07, 6.45) is 0.678. The van der Waals surface area contributed by atoms with Crippen molar-refractivity contribution >= 4 is 17.4 Å². The Bertz CT molecular complexity index is 1180. The molecule has 0 bridgehead atoms. The number of amides is 1. The molecule has 8 nitrogen and oxygen atoms in total. The third kappa shape index (κ3) is 5.65. The number of Topliss-reactive ketones (excluding diaryl/α,β-unsaturated/α-hetero) is 1. The van der Waals surface area contributed by atoms with Gasteiger partial charge in [0, 0.05) is 32.2 Å². The number of ketones is 1. The molecule has 0 saturated carbocycles. The second-order valence-electron chi connectivity index (χ2n) is 10.6. The smallest absolute Gasteiger partial charge is 0.295 e. The fraction of sp³-hybridized carbons (Fsp3) is 0.448. The van der Waals surface area contributed by atoms with Crippen LogP contribution in [0.3, 0.4) is 0 Å². The highest BCUT2D eigenvalue weighted by Crippen LogP contribution is 2.41. The standard InChI is InChI=1S/C29H36N2O6/c1-29(2,3)20-8-6-19(7-9-20)25-24(26(33)22-11-10-21(36-4)18-23(22)32)27(34)28(35)31(25)13-5-12-30-14-16-37-17-15-30/h6-11,18,25,32-33H,5,12-17H2,1-4H3/t25-/m1/s1. The van der Waals surface area contributed by atoms with Gasteiger partial charge in [0.05, 0.1) is 37.5 Å². The quantitative estimate of drug-likeness (QED) is 0.333. The minimum Gasteiger partial charge on any atom is -0.507 e. The van der Waals surface area contributed by atoms with Crippen LogP contribution in [0, 0.1) is 0 Å². The molecule has 4 rings (SSSR count). The van der Waals surface area contributed by atoms with Gasteiger partial charge in [-0.2, -0.15) is 0 Å². The molecule has 1 amide bonds. The molecular weight excluding hydrogens is 472 g/mol. The molecule has 2 heterocycles. The van der Waals surface area contributed by atoms with Crippen molar-refractivity contribution in [2.75, 3.05) is 46.5 Å². The molecule has 0 unspecified atom stereocenters. The Kier molecular flexibility index (Phi) is 7.90. The Morgan fingerprint density at radius 3 is 2.32 bits per heavy atom. The molecule has 198 valence electrons. The molecule has 0 aliphatic carbocycles. The van der Waals surface area contributed by atoms with Gasteiger partial charge in [0.2, 0.25) is 0 Å². The number of nitrogens with zero attached hydrogens (tertiary/aromatic N) is 2. The highest BCUT2D eigenvalue weighted by Gasteiger charge is 2.46. The fourth-order valence-corrected chi connectivity index (χ4v) is 4.90. The number of aromatic hydroxyl groups is 1. The molecule has 1 atom stereocenters. The van der Waals surface area contributed by atoms with E-state index in [1.54, 1.807) is 11.0 Å². The molecule has 2 saturated heterocycles. The minimum atomic E-state index is -0.764. The average molecular weight is 509 g/mol. The monoisotopic (exact) mass is 508 g/mol. The predicted octanol–water partition coefficient (Wildman–Crippen LogP) is 3.84. The van der Waals surface area contributed by atoms with E-state index in [0.717, 1.165) is 30.8 Å². The molecule has 37 heavy (non-hydrogen) atoms. The molecule has 2 aliphatic rings. The summed E-state index contributed by atoms with van der Waals surface area (Å²) in [5.41, 5.74) is 1.83. The molecule has 2 fully saturated rings. The van der Waals surface area contributed by atoms with Crippen molar-refractivity contribution in [2.24, 2.45) is 0 Å². The van der Waals surface area contributed by atoms with Crippen molar-refractivity contribution in [1.82, 2.24) is 9.80 Å². The summed E-state index contributed by atoms with van der Waals surface area (Å²) in [6, 6.07) is 11.5. The minimum absolute atomic E-state index is 0.0275. The number of rotatable bonds is 7. The summed E-state index contributed by atoms with van der Waals surface area (Å²) in [6.45, 7) is 10.6. The van der Waals surface area contributed by atoms with E-state index in [4.69, 9.17) is 9.47 Å². The number of aliphatic hydroxyl groups is 1. The second-order valence-corrected chi connectivity index (χ2v) is 10.6. The second kappa shape index (κ2) is 10.9. The van der Waals surface area contributed by atoms with Gasteiger partial charge in [-0.15, -0.1) is 0 Å². The van der Waals surface area contributed by atoms with Crippen LogP contribution < -0.4 is 4.74 Å². The zero-order chi connectivity index (χ0) is 26.7. The number of hydrogen-bond acceptors (Lipinski definition) is 7. The summed E-state index contributed by atoms with van der Waals surface area (Å²) < 4.78 is 10.5. The van der Waals surface area contributed by atoms with E-state index < -0.39 is 23.5 Å². The lowest BCUT2D eigenvalue weighted by Gasteiger charge is -2.29. The Hall–Kier alpha value is -3.36. The van der Waals surface area contributed by atoms with Gasteiger partial charge in [-0.3, -0.25) is 14.5 Å². The summed E-state index contributed by atoms with van der Waals surface area (Å²) in [5, 5.41) is 21.8. The number of hydrogen-bond donors (Lipinski definition) is 2. The maximum absolute atomic E-state index is 13.3. The van der Waals surface area contributed by atoms with Gasteiger partial charge < -0.3 is 24.6 Å². The van der Waals surface area contributed by atoms with Crippen LogP contribution in [0.25, 0.3) is 5.76 Å². The van der Waals surface area contributed by atoms with Crippen LogP contribution in [0.1, 0.15) is 49.9 Å². The van der Waals surface area contributed by atoms with E-state index in [2.05, 4.69) is 25.7 Å². The first-order valence-corrected chi connectivity index (χ1v) is 12.7. The van der Waals surface area contributed by atoms with Crippen molar-refractivity contribution in [2.45, 2.75) is 38.6 Å². The lowest BCUT2D eigenvalue weighted by molar-refractivity contribution is -0.140. The van der Waals surface area contributed by atoms with Crippen LogP contribution in [0.5, 0.6) is 11.5 Å². The summed E-state index contributed by atoms with van der Waals surface area (Å²) in [4.78, 5) is 30.4. The van der Waals surface area contributed by atoms with E-state index in [1.165, 1.54) is 19.2 Å². The summed E-state index contributed by atoms with van der Waals surface area (Å²) in [7, 11) is 1.47. The number of benzene rings is 2. The largest absolute Gasteiger partial charge is 0.507 e. The Labute approximate surface area is 218 Å². The number of phenols is 1. The van der Waals surface area contributed by atoms with Crippen LogP contribution in [-0.4, -0.2) is 78.2 Å². The SMILES string of the molecule is COc1ccc(C(O)=C2C(=O)C(=O)N(CCCN3CCOCC3)[C@@H]2c2ccc(C(C)(C)C)cc2)c(O)c1. The van der Waals surface area contributed by atoms with Gasteiger partial charge in [0.1, 0.15) is 17.3 Å². The number of ether oxygens (including phenoxy) is 2. The molecule has 2 N–H and O–H groups in total. The normalized spacial score (nSPS) is 20.4. The van der Waals surface area contributed by atoms with Gasteiger partial charge in [0.25, 0.3) is 11.7 Å². The maximum Gasteiger partial charge on any atom is 0.295 e. The average Bonchev–Trinajstić information content (AvgIpc) is 3.13. The fourth-order valence-electron chi connectivity index (χ4n) is 4.90. The molecule has 8 heteroatoms. The summed E-state index contributed by atoms with van der Waals surface area (Å²) >= 11 is 0. The predicted molar refractivity (Wildman–Crippen MR) is 141 cm³/mol. The van der Waals surface area contributed by atoms with E-state index in [-0.39, 0.29) is 22.3 Å². The van der Waals surface area contributed by atoms with Crippen molar-refractivity contribution < 1.29 is 29.3 Å². The first kappa shape index (κ1) is 26.7. The molecule has 0 radical (unpaired) electrons. The van der Waals surface area contributed by atoms with E-state index >= 15 is 0 Å². The van der Waals surface area contributed by atoms with Gasteiger partial charge in [-0.25, -0.2) is 0 Å².